The molecule has 1 aliphatic carbocycles. The van der Waals surface area contributed by atoms with Gasteiger partial charge in [-0.1, -0.05) is 20.8 Å². The Labute approximate surface area is 107 Å². The van der Waals surface area contributed by atoms with E-state index in [1.54, 1.807) is 0 Å². The summed E-state index contributed by atoms with van der Waals surface area (Å²) in [5.41, 5.74) is 0.0939. The summed E-state index contributed by atoms with van der Waals surface area (Å²) in [7, 11) is 0. The Morgan fingerprint density at radius 1 is 1.24 bits per heavy atom. The summed E-state index contributed by atoms with van der Waals surface area (Å²) < 4.78 is 0. The molecular formula is C14H30N2O. The van der Waals surface area contributed by atoms with Gasteiger partial charge in [-0.15, -0.1) is 0 Å². The van der Waals surface area contributed by atoms with E-state index in [1.807, 2.05) is 0 Å². The van der Waals surface area contributed by atoms with Gasteiger partial charge >= 0.3 is 0 Å². The Bertz CT molecular complexity index is 192. The summed E-state index contributed by atoms with van der Waals surface area (Å²) in [4.78, 5) is 2.56. The number of likely N-dealkylation sites (N-methyl/N-ethyl adjacent to an activating group) is 1. The van der Waals surface area contributed by atoms with Crippen LogP contribution in [0.4, 0.5) is 0 Å². The molecule has 1 fully saturated rings. The molecule has 1 saturated carbocycles. The Balaban J connectivity index is 2.17. The van der Waals surface area contributed by atoms with Crippen molar-refractivity contribution in [2.45, 2.75) is 52.5 Å². The highest BCUT2D eigenvalue weighted by molar-refractivity contribution is 4.84. The van der Waals surface area contributed by atoms with Crippen molar-refractivity contribution >= 4 is 0 Å². The second kappa shape index (κ2) is 7.34. The Morgan fingerprint density at radius 2 is 1.88 bits per heavy atom. The molecule has 102 valence electrons. The molecule has 0 atom stereocenters. The normalized spacial score (nSPS) is 16.8. The van der Waals surface area contributed by atoms with Gasteiger partial charge in [0.2, 0.25) is 0 Å². The first kappa shape index (κ1) is 14.9. The largest absolute Gasteiger partial charge is 0.396 e. The van der Waals surface area contributed by atoms with Crippen LogP contribution in [0.3, 0.4) is 0 Å². The molecule has 17 heavy (non-hydrogen) atoms. The second-order valence-electron chi connectivity index (χ2n) is 5.40. The van der Waals surface area contributed by atoms with E-state index in [1.165, 1.54) is 19.4 Å². The SMILES string of the molecule is CCN(CCNCC(CC)(CC)CO)C1CC1. The van der Waals surface area contributed by atoms with E-state index in [0.717, 1.165) is 38.5 Å². The van der Waals surface area contributed by atoms with Crippen LogP contribution >= 0.6 is 0 Å². The van der Waals surface area contributed by atoms with Crippen LogP contribution < -0.4 is 5.32 Å². The fourth-order valence-corrected chi connectivity index (χ4v) is 2.39. The van der Waals surface area contributed by atoms with Crippen molar-refractivity contribution in [2.24, 2.45) is 5.41 Å². The summed E-state index contributed by atoms with van der Waals surface area (Å²) in [5, 5.41) is 13.0. The summed E-state index contributed by atoms with van der Waals surface area (Å²) in [6.45, 7) is 11.2. The lowest BCUT2D eigenvalue weighted by Gasteiger charge is -2.30. The van der Waals surface area contributed by atoms with Crippen LogP contribution in [0, 0.1) is 5.41 Å². The predicted octanol–water partition coefficient (Wildman–Crippen LogP) is 1.86. The van der Waals surface area contributed by atoms with E-state index in [0.29, 0.717) is 6.61 Å². The van der Waals surface area contributed by atoms with E-state index in [4.69, 9.17) is 0 Å². The van der Waals surface area contributed by atoms with Gasteiger partial charge in [0, 0.05) is 37.7 Å². The highest BCUT2D eigenvalue weighted by Gasteiger charge is 2.28. The third-order valence-electron chi connectivity index (χ3n) is 4.38. The van der Waals surface area contributed by atoms with Gasteiger partial charge in [0.05, 0.1) is 0 Å². The number of rotatable bonds is 10. The van der Waals surface area contributed by atoms with Crippen LogP contribution in [0.2, 0.25) is 0 Å². The zero-order valence-corrected chi connectivity index (χ0v) is 11.8. The molecule has 1 rings (SSSR count). The first-order valence-corrected chi connectivity index (χ1v) is 7.27. The van der Waals surface area contributed by atoms with E-state index in [2.05, 4.69) is 31.0 Å². The van der Waals surface area contributed by atoms with E-state index >= 15 is 0 Å². The van der Waals surface area contributed by atoms with Crippen LogP contribution in [-0.4, -0.2) is 48.8 Å². The molecule has 0 saturated heterocycles. The van der Waals surface area contributed by atoms with Crippen LogP contribution in [0.15, 0.2) is 0 Å². The average Bonchev–Trinajstić information content (AvgIpc) is 3.19. The van der Waals surface area contributed by atoms with Crippen LogP contribution in [0.25, 0.3) is 0 Å². The minimum absolute atomic E-state index is 0.0939. The minimum Gasteiger partial charge on any atom is -0.396 e. The highest BCUT2D eigenvalue weighted by atomic mass is 16.3. The Morgan fingerprint density at radius 3 is 2.29 bits per heavy atom. The lowest BCUT2D eigenvalue weighted by Crippen LogP contribution is -2.40. The monoisotopic (exact) mass is 242 g/mol. The molecule has 0 amide bonds. The highest BCUT2D eigenvalue weighted by Crippen LogP contribution is 2.26. The van der Waals surface area contributed by atoms with Gasteiger partial charge in [-0.3, -0.25) is 4.90 Å². The van der Waals surface area contributed by atoms with E-state index < -0.39 is 0 Å². The van der Waals surface area contributed by atoms with Gasteiger partial charge in [0.25, 0.3) is 0 Å². The number of aliphatic hydroxyl groups excluding tert-OH is 1. The van der Waals surface area contributed by atoms with Gasteiger partial charge in [0.1, 0.15) is 0 Å². The predicted molar refractivity (Wildman–Crippen MR) is 73.2 cm³/mol. The van der Waals surface area contributed by atoms with Gasteiger partial charge in [0.15, 0.2) is 0 Å². The number of hydrogen-bond donors (Lipinski definition) is 2. The molecule has 3 nitrogen and oxygen atoms in total. The molecule has 0 radical (unpaired) electrons. The van der Waals surface area contributed by atoms with Gasteiger partial charge < -0.3 is 10.4 Å². The third kappa shape index (κ3) is 4.57. The molecule has 0 bridgehead atoms. The molecule has 0 aliphatic heterocycles. The maximum Gasteiger partial charge on any atom is 0.0499 e. The first-order chi connectivity index (χ1) is 8.21. The van der Waals surface area contributed by atoms with Gasteiger partial charge in [-0.05, 0) is 32.2 Å². The van der Waals surface area contributed by atoms with Crippen molar-refractivity contribution in [1.29, 1.82) is 0 Å². The van der Waals surface area contributed by atoms with Gasteiger partial charge in [-0.25, -0.2) is 0 Å². The molecule has 0 spiro atoms. The van der Waals surface area contributed by atoms with E-state index in [-0.39, 0.29) is 5.41 Å². The Hall–Kier alpha value is -0.120. The maximum atomic E-state index is 9.48. The molecule has 2 N–H and O–H groups in total. The second-order valence-corrected chi connectivity index (χ2v) is 5.40. The average molecular weight is 242 g/mol. The molecule has 0 aromatic carbocycles. The smallest absolute Gasteiger partial charge is 0.0499 e. The number of hydrogen-bond acceptors (Lipinski definition) is 3. The van der Waals surface area contributed by atoms with Crippen molar-refractivity contribution in [3.63, 3.8) is 0 Å². The maximum absolute atomic E-state index is 9.48. The summed E-state index contributed by atoms with van der Waals surface area (Å²) in [6.07, 6.45) is 4.87. The lowest BCUT2D eigenvalue weighted by molar-refractivity contribution is 0.112. The minimum atomic E-state index is 0.0939. The molecule has 0 aromatic heterocycles. The molecular weight excluding hydrogens is 212 g/mol. The zero-order valence-electron chi connectivity index (χ0n) is 11.8. The third-order valence-corrected chi connectivity index (χ3v) is 4.38. The molecule has 1 aliphatic rings. The fourth-order valence-electron chi connectivity index (χ4n) is 2.39. The van der Waals surface area contributed by atoms with Crippen molar-refractivity contribution in [3.05, 3.63) is 0 Å². The van der Waals surface area contributed by atoms with Crippen molar-refractivity contribution in [2.75, 3.05) is 32.8 Å². The van der Waals surface area contributed by atoms with Crippen molar-refractivity contribution in [3.8, 4) is 0 Å². The van der Waals surface area contributed by atoms with Crippen LogP contribution in [0.5, 0.6) is 0 Å². The van der Waals surface area contributed by atoms with Crippen molar-refractivity contribution in [1.82, 2.24) is 10.2 Å². The molecule has 0 heterocycles. The molecule has 0 unspecified atom stereocenters. The lowest BCUT2D eigenvalue weighted by atomic mass is 9.83. The number of nitrogens with zero attached hydrogens (tertiary/aromatic N) is 1. The van der Waals surface area contributed by atoms with Crippen molar-refractivity contribution < 1.29 is 5.11 Å². The zero-order chi connectivity index (χ0) is 12.7. The van der Waals surface area contributed by atoms with Gasteiger partial charge in [-0.2, -0.15) is 0 Å². The summed E-state index contributed by atoms with van der Waals surface area (Å²) >= 11 is 0. The van der Waals surface area contributed by atoms with E-state index in [9.17, 15) is 5.11 Å². The van der Waals surface area contributed by atoms with Crippen LogP contribution in [-0.2, 0) is 0 Å². The summed E-state index contributed by atoms with van der Waals surface area (Å²) in [5.74, 6) is 0. The first-order valence-electron chi connectivity index (χ1n) is 7.27. The molecule has 3 heteroatoms. The quantitative estimate of drug-likeness (QED) is 0.574. The number of nitrogens with one attached hydrogen (secondary N) is 1. The topological polar surface area (TPSA) is 35.5 Å². The molecule has 0 aromatic rings. The summed E-state index contributed by atoms with van der Waals surface area (Å²) in [6, 6.07) is 0.863. The standard InChI is InChI=1S/C14H30N2O/c1-4-14(5-2,12-17)11-15-9-10-16(6-3)13-7-8-13/h13,15,17H,4-12H2,1-3H3. The number of aliphatic hydroxyl groups is 1. The fraction of sp³-hybridized carbons (Fsp3) is 1.00. The van der Waals surface area contributed by atoms with Crippen LogP contribution in [0.1, 0.15) is 46.5 Å². The Kier molecular flexibility index (Phi) is 6.45.